The van der Waals surface area contributed by atoms with E-state index in [1.54, 1.807) is 6.92 Å². The number of rotatable bonds is 4. The molecule has 1 heterocycles. The van der Waals surface area contributed by atoms with E-state index in [-0.39, 0.29) is 40.0 Å². The van der Waals surface area contributed by atoms with Crippen LogP contribution in [0, 0.1) is 0 Å². The Hall–Kier alpha value is -1.21. The molecule has 1 aliphatic heterocycles. The molecule has 1 aliphatic rings. The molecule has 0 saturated carbocycles. The first-order valence-electron chi connectivity index (χ1n) is 6.31. The third-order valence-corrected chi connectivity index (χ3v) is 3.14. The van der Waals surface area contributed by atoms with Crippen molar-refractivity contribution in [2.24, 2.45) is 0 Å². The molecule has 1 aromatic rings. The van der Waals surface area contributed by atoms with E-state index in [9.17, 15) is 14.0 Å². The lowest BCUT2D eigenvalue weighted by atomic mass is 10.1. The molecule has 1 fully saturated rings. The minimum atomic E-state index is -1.65. The topological polar surface area (TPSA) is 46.6 Å². The molecule has 0 radical (unpaired) electrons. The summed E-state index contributed by atoms with van der Waals surface area (Å²) in [5, 5.41) is 0. The second kappa shape index (κ2) is 8.94. The van der Waals surface area contributed by atoms with Crippen molar-refractivity contribution < 1.29 is 18.7 Å². The van der Waals surface area contributed by atoms with Crippen LogP contribution in [0.1, 0.15) is 18.9 Å². The van der Waals surface area contributed by atoms with Gasteiger partial charge in [0.05, 0.1) is 6.04 Å². The molecule has 1 saturated heterocycles. The average Bonchev–Trinajstić information content (AvgIpc) is 2.79. The van der Waals surface area contributed by atoms with Crippen LogP contribution in [0.15, 0.2) is 30.3 Å². The Morgan fingerprint density at radius 1 is 1.38 bits per heavy atom. The standard InChI is InChI=1S/C14H16FNO3.2H2S/c1-2-12(15)13(17)16-11(9-19-14(16)18)8-10-6-4-3-5-7-10;;/h3-7,11-12H,2,8-9H2,1H3;2*1H2/t11-,12-;;/m0../s1. The molecule has 0 spiro atoms. The summed E-state index contributed by atoms with van der Waals surface area (Å²) in [4.78, 5) is 24.3. The number of benzene rings is 1. The number of amides is 2. The molecule has 1 aromatic carbocycles. The van der Waals surface area contributed by atoms with Gasteiger partial charge in [-0.3, -0.25) is 4.79 Å². The lowest BCUT2D eigenvalue weighted by Crippen LogP contribution is -2.44. The van der Waals surface area contributed by atoms with Crippen molar-refractivity contribution >= 4 is 39.0 Å². The second-order valence-electron chi connectivity index (χ2n) is 4.50. The monoisotopic (exact) mass is 333 g/mol. The van der Waals surface area contributed by atoms with Gasteiger partial charge < -0.3 is 4.74 Å². The Balaban J connectivity index is 0.00000200. The molecule has 0 aliphatic carbocycles. The number of carbonyl (C=O) groups is 2. The first kappa shape index (κ1) is 19.8. The van der Waals surface area contributed by atoms with Gasteiger partial charge in [-0.25, -0.2) is 14.1 Å². The highest BCUT2D eigenvalue weighted by atomic mass is 32.1. The number of alkyl halides is 1. The number of cyclic esters (lactones) is 1. The fourth-order valence-electron chi connectivity index (χ4n) is 2.09. The van der Waals surface area contributed by atoms with E-state index < -0.39 is 24.2 Å². The zero-order valence-electron chi connectivity index (χ0n) is 11.7. The molecule has 4 nitrogen and oxygen atoms in total. The molecule has 2 atom stereocenters. The summed E-state index contributed by atoms with van der Waals surface area (Å²) in [6.07, 6.45) is -1.86. The number of hydrogen-bond acceptors (Lipinski definition) is 3. The maximum atomic E-state index is 13.5. The molecular weight excluding hydrogens is 313 g/mol. The van der Waals surface area contributed by atoms with Gasteiger partial charge in [-0.15, -0.1) is 0 Å². The minimum absolute atomic E-state index is 0. The largest absolute Gasteiger partial charge is 0.447 e. The van der Waals surface area contributed by atoms with Crippen LogP contribution in [0.25, 0.3) is 0 Å². The Morgan fingerprint density at radius 2 is 2.00 bits per heavy atom. The van der Waals surface area contributed by atoms with Crippen LogP contribution in [0.2, 0.25) is 0 Å². The van der Waals surface area contributed by atoms with Crippen molar-refractivity contribution in [2.45, 2.75) is 32.0 Å². The van der Waals surface area contributed by atoms with Crippen molar-refractivity contribution in [2.75, 3.05) is 6.61 Å². The van der Waals surface area contributed by atoms with Gasteiger partial charge in [0.1, 0.15) is 6.61 Å². The van der Waals surface area contributed by atoms with E-state index in [4.69, 9.17) is 4.74 Å². The molecule has 0 bridgehead atoms. The van der Waals surface area contributed by atoms with Crippen molar-refractivity contribution in [3.63, 3.8) is 0 Å². The van der Waals surface area contributed by atoms with Gasteiger partial charge in [0.2, 0.25) is 0 Å². The van der Waals surface area contributed by atoms with E-state index in [1.807, 2.05) is 30.3 Å². The predicted octanol–water partition coefficient (Wildman–Crippen LogP) is 2.55. The fourth-order valence-corrected chi connectivity index (χ4v) is 2.09. The van der Waals surface area contributed by atoms with E-state index in [0.717, 1.165) is 10.5 Å². The van der Waals surface area contributed by atoms with Gasteiger partial charge >= 0.3 is 6.09 Å². The summed E-state index contributed by atoms with van der Waals surface area (Å²) in [5.41, 5.74) is 0.982. The van der Waals surface area contributed by atoms with Crippen LogP contribution in [0.4, 0.5) is 9.18 Å². The van der Waals surface area contributed by atoms with Gasteiger partial charge in [-0.1, -0.05) is 37.3 Å². The Bertz CT molecular complexity index is 473. The molecule has 7 heteroatoms. The average molecular weight is 333 g/mol. The fraction of sp³-hybridized carbons (Fsp3) is 0.429. The van der Waals surface area contributed by atoms with Crippen LogP contribution in [-0.4, -0.2) is 35.7 Å². The molecule has 21 heavy (non-hydrogen) atoms. The van der Waals surface area contributed by atoms with Gasteiger partial charge in [-0.05, 0) is 18.4 Å². The van der Waals surface area contributed by atoms with Crippen LogP contribution in [0.5, 0.6) is 0 Å². The zero-order chi connectivity index (χ0) is 13.8. The number of carbonyl (C=O) groups excluding carboxylic acids is 2. The number of imide groups is 1. The lowest BCUT2D eigenvalue weighted by Gasteiger charge is -2.20. The van der Waals surface area contributed by atoms with Gasteiger partial charge in [0.25, 0.3) is 5.91 Å². The summed E-state index contributed by atoms with van der Waals surface area (Å²) in [7, 11) is 0. The maximum absolute atomic E-state index is 13.5. The summed E-state index contributed by atoms with van der Waals surface area (Å²) in [6.45, 7) is 1.69. The summed E-state index contributed by atoms with van der Waals surface area (Å²) >= 11 is 0. The van der Waals surface area contributed by atoms with Gasteiger partial charge in [0.15, 0.2) is 6.17 Å². The molecule has 0 unspecified atom stereocenters. The van der Waals surface area contributed by atoms with E-state index in [2.05, 4.69) is 0 Å². The Kier molecular flexibility index (Phi) is 8.43. The van der Waals surface area contributed by atoms with Crippen molar-refractivity contribution in [1.82, 2.24) is 4.90 Å². The third kappa shape index (κ3) is 4.64. The second-order valence-corrected chi connectivity index (χ2v) is 4.50. The van der Waals surface area contributed by atoms with Crippen molar-refractivity contribution in [1.29, 1.82) is 0 Å². The summed E-state index contributed by atoms with van der Waals surface area (Å²) < 4.78 is 18.3. The first-order chi connectivity index (χ1) is 9.13. The normalized spacial score (nSPS) is 18.3. The highest BCUT2D eigenvalue weighted by molar-refractivity contribution is 7.59. The molecular formula is C14H20FNO3S2. The Morgan fingerprint density at radius 3 is 2.57 bits per heavy atom. The maximum Gasteiger partial charge on any atom is 0.417 e. The minimum Gasteiger partial charge on any atom is -0.447 e. The van der Waals surface area contributed by atoms with Crippen molar-refractivity contribution in [3.05, 3.63) is 35.9 Å². The molecule has 2 rings (SSSR count). The van der Waals surface area contributed by atoms with E-state index >= 15 is 0 Å². The Labute approximate surface area is 137 Å². The number of nitrogens with zero attached hydrogens (tertiary/aromatic N) is 1. The number of ether oxygens (including phenoxy) is 1. The zero-order valence-corrected chi connectivity index (χ0v) is 13.7. The summed E-state index contributed by atoms with van der Waals surface area (Å²) in [6, 6.07) is 9.02. The summed E-state index contributed by atoms with van der Waals surface area (Å²) in [5.74, 6) is -0.800. The quantitative estimate of drug-likeness (QED) is 0.851. The smallest absolute Gasteiger partial charge is 0.417 e. The van der Waals surface area contributed by atoms with E-state index in [1.165, 1.54) is 0 Å². The molecule has 2 amide bonds. The SMILES string of the molecule is CC[C@H](F)C(=O)N1C(=O)OC[C@@H]1Cc1ccccc1.S.S. The van der Waals surface area contributed by atoms with Crippen LogP contribution in [-0.2, 0) is 16.0 Å². The van der Waals surface area contributed by atoms with Crippen LogP contribution < -0.4 is 0 Å². The van der Waals surface area contributed by atoms with Gasteiger partial charge in [0, 0.05) is 0 Å². The van der Waals surface area contributed by atoms with Crippen LogP contribution >= 0.6 is 27.0 Å². The highest BCUT2D eigenvalue weighted by Crippen LogP contribution is 2.19. The number of hydrogen-bond donors (Lipinski definition) is 0. The molecule has 0 N–H and O–H groups in total. The lowest BCUT2D eigenvalue weighted by molar-refractivity contribution is -0.134. The highest BCUT2D eigenvalue weighted by Gasteiger charge is 2.40. The van der Waals surface area contributed by atoms with Crippen molar-refractivity contribution in [3.8, 4) is 0 Å². The molecule has 118 valence electrons. The van der Waals surface area contributed by atoms with Crippen LogP contribution in [0.3, 0.4) is 0 Å². The van der Waals surface area contributed by atoms with E-state index in [0.29, 0.717) is 6.42 Å². The number of halogens is 1. The molecule has 0 aromatic heterocycles. The third-order valence-electron chi connectivity index (χ3n) is 3.14. The first-order valence-corrected chi connectivity index (χ1v) is 6.31. The predicted molar refractivity (Wildman–Crippen MR) is 88.1 cm³/mol. The van der Waals surface area contributed by atoms with Gasteiger partial charge in [-0.2, -0.15) is 27.0 Å².